The van der Waals surface area contributed by atoms with Gasteiger partial charge in [0.15, 0.2) is 0 Å². The minimum Gasteiger partial charge on any atom is -0.319 e. The van der Waals surface area contributed by atoms with E-state index in [-0.39, 0.29) is 0 Å². The van der Waals surface area contributed by atoms with Crippen molar-refractivity contribution in [3.05, 3.63) is 101 Å². The Kier molecular flexibility index (Phi) is 4.88. The van der Waals surface area contributed by atoms with Gasteiger partial charge in [0, 0.05) is 36.8 Å². The number of piperazine rings is 1. The predicted molar refractivity (Wildman–Crippen MR) is 120 cm³/mol. The van der Waals surface area contributed by atoms with Gasteiger partial charge in [0.25, 0.3) is 0 Å². The Hall–Kier alpha value is -2.59. The Morgan fingerprint density at radius 2 is 1.34 bits per heavy atom. The summed E-state index contributed by atoms with van der Waals surface area (Å²) < 4.78 is 0. The Morgan fingerprint density at radius 3 is 1.97 bits per heavy atom. The molecule has 5 rings (SSSR count). The van der Waals surface area contributed by atoms with Gasteiger partial charge < -0.3 is 5.43 Å². The van der Waals surface area contributed by atoms with Crippen molar-refractivity contribution in [1.82, 2.24) is 15.3 Å². The molecule has 1 heterocycles. The van der Waals surface area contributed by atoms with Gasteiger partial charge in [0.2, 0.25) is 0 Å². The standard InChI is InChI=1S/C25H24ClN3/c1-18(19-8-6-7-13-24(19)26)27-29-16-14-28(15-17-29)25-22-11-4-2-9-20(22)21-10-3-5-12-23(21)25/h2-13,25,27H,1,14-17H2. The highest BCUT2D eigenvalue weighted by Gasteiger charge is 2.34. The van der Waals surface area contributed by atoms with E-state index in [9.17, 15) is 0 Å². The normalized spacial score (nSPS) is 17.0. The number of halogens is 1. The van der Waals surface area contributed by atoms with Crippen molar-refractivity contribution < 1.29 is 0 Å². The lowest BCUT2D eigenvalue weighted by Crippen LogP contribution is -2.51. The van der Waals surface area contributed by atoms with Crippen molar-refractivity contribution >= 4 is 17.3 Å². The van der Waals surface area contributed by atoms with E-state index in [1.165, 1.54) is 22.3 Å². The maximum absolute atomic E-state index is 6.31. The lowest BCUT2D eigenvalue weighted by molar-refractivity contribution is 0.0906. The molecule has 0 atom stereocenters. The molecule has 0 aromatic heterocycles. The zero-order valence-corrected chi connectivity index (χ0v) is 17.1. The summed E-state index contributed by atoms with van der Waals surface area (Å²) in [6.07, 6.45) is 0. The number of rotatable bonds is 4. The van der Waals surface area contributed by atoms with Crippen LogP contribution in [0.2, 0.25) is 5.02 Å². The third kappa shape index (κ3) is 3.36. The summed E-state index contributed by atoms with van der Waals surface area (Å²) in [7, 11) is 0. The third-order valence-corrected chi connectivity index (χ3v) is 6.30. The molecule has 29 heavy (non-hydrogen) atoms. The summed E-state index contributed by atoms with van der Waals surface area (Å²) in [6.45, 7) is 8.05. The van der Waals surface area contributed by atoms with Crippen LogP contribution in [0.1, 0.15) is 22.7 Å². The van der Waals surface area contributed by atoms with Gasteiger partial charge >= 0.3 is 0 Å². The second-order valence-electron chi connectivity index (χ2n) is 7.67. The molecule has 3 aromatic rings. The fourth-order valence-corrected chi connectivity index (χ4v) is 4.82. The van der Waals surface area contributed by atoms with Gasteiger partial charge in [-0.25, -0.2) is 5.01 Å². The molecular weight excluding hydrogens is 378 g/mol. The van der Waals surface area contributed by atoms with Crippen molar-refractivity contribution in [3.63, 3.8) is 0 Å². The number of fused-ring (bicyclic) bond motifs is 3. The van der Waals surface area contributed by atoms with Gasteiger partial charge in [0.1, 0.15) is 0 Å². The van der Waals surface area contributed by atoms with Crippen LogP contribution in [0.5, 0.6) is 0 Å². The summed E-state index contributed by atoms with van der Waals surface area (Å²) >= 11 is 6.31. The number of hydrogen-bond acceptors (Lipinski definition) is 3. The largest absolute Gasteiger partial charge is 0.319 e. The van der Waals surface area contributed by atoms with Crippen molar-refractivity contribution in [1.29, 1.82) is 0 Å². The van der Waals surface area contributed by atoms with Crippen LogP contribution in [0.4, 0.5) is 0 Å². The number of nitrogens with one attached hydrogen (secondary N) is 1. The van der Waals surface area contributed by atoms with Crippen LogP contribution in [0, 0.1) is 0 Å². The fraction of sp³-hybridized carbons (Fsp3) is 0.200. The van der Waals surface area contributed by atoms with Crippen LogP contribution < -0.4 is 5.43 Å². The SMILES string of the molecule is C=C(NN1CCN(C2c3ccccc3-c3ccccc32)CC1)c1ccccc1Cl. The number of benzene rings is 3. The van der Waals surface area contributed by atoms with Crippen LogP contribution in [0.3, 0.4) is 0 Å². The topological polar surface area (TPSA) is 18.5 Å². The second-order valence-corrected chi connectivity index (χ2v) is 8.08. The Labute approximate surface area is 177 Å². The summed E-state index contributed by atoms with van der Waals surface area (Å²) in [5.41, 5.74) is 10.9. The van der Waals surface area contributed by atoms with Crippen LogP contribution in [0.15, 0.2) is 79.4 Å². The van der Waals surface area contributed by atoms with Gasteiger partial charge in [-0.15, -0.1) is 0 Å². The molecule has 3 nitrogen and oxygen atoms in total. The molecule has 0 amide bonds. The van der Waals surface area contributed by atoms with Gasteiger partial charge in [-0.2, -0.15) is 0 Å². The molecule has 4 heteroatoms. The Bertz CT molecular complexity index is 1010. The molecule has 1 fully saturated rings. The van der Waals surface area contributed by atoms with E-state index in [4.69, 9.17) is 11.6 Å². The molecule has 1 aliphatic heterocycles. The maximum Gasteiger partial charge on any atom is 0.0614 e. The van der Waals surface area contributed by atoms with Gasteiger partial charge in [0.05, 0.1) is 11.7 Å². The highest BCUT2D eigenvalue weighted by molar-refractivity contribution is 6.32. The van der Waals surface area contributed by atoms with Crippen LogP contribution in [-0.2, 0) is 0 Å². The molecular formula is C25H24ClN3. The number of hydrogen-bond donors (Lipinski definition) is 1. The maximum atomic E-state index is 6.31. The lowest BCUT2D eigenvalue weighted by Gasteiger charge is -2.39. The minimum atomic E-state index is 0.344. The molecule has 0 unspecified atom stereocenters. The molecule has 0 bridgehead atoms. The van der Waals surface area contributed by atoms with Crippen molar-refractivity contribution in [2.75, 3.05) is 26.2 Å². The average molecular weight is 402 g/mol. The first-order valence-electron chi connectivity index (χ1n) is 10.1. The summed E-state index contributed by atoms with van der Waals surface area (Å²) in [6, 6.07) is 25.8. The van der Waals surface area contributed by atoms with E-state index in [0.29, 0.717) is 6.04 Å². The zero-order valence-electron chi connectivity index (χ0n) is 16.3. The van der Waals surface area contributed by atoms with Crippen molar-refractivity contribution in [3.8, 4) is 11.1 Å². The number of nitrogens with zero attached hydrogens (tertiary/aromatic N) is 2. The monoisotopic (exact) mass is 401 g/mol. The first-order valence-corrected chi connectivity index (χ1v) is 10.5. The molecule has 0 spiro atoms. The average Bonchev–Trinajstić information content (AvgIpc) is 3.09. The molecule has 146 valence electrons. The minimum absolute atomic E-state index is 0.344. The van der Waals surface area contributed by atoms with Gasteiger partial charge in [-0.3, -0.25) is 4.90 Å². The second kappa shape index (κ2) is 7.68. The molecule has 2 aliphatic rings. The third-order valence-electron chi connectivity index (χ3n) is 5.97. The van der Waals surface area contributed by atoms with Gasteiger partial charge in [-0.1, -0.05) is 84.9 Å². The smallest absolute Gasteiger partial charge is 0.0614 e. The quantitative estimate of drug-likeness (QED) is 0.648. The van der Waals surface area contributed by atoms with E-state index >= 15 is 0 Å². The highest BCUT2D eigenvalue weighted by atomic mass is 35.5. The van der Waals surface area contributed by atoms with Gasteiger partial charge in [-0.05, 0) is 28.3 Å². The lowest BCUT2D eigenvalue weighted by atomic mass is 10.0. The molecule has 1 N–H and O–H groups in total. The predicted octanol–water partition coefficient (Wildman–Crippen LogP) is 5.20. The zero-order chi connectivity index (χ0) is 19.8. The Morgan fingerprint density at radius 1 is 0.793 bits per heavy atom. The summed E-state index contributed by atoms with van der Waals surface area (Å²) in [5, 5.41) is 2.97. The van der Waals surface area contributed by atoms with E-state index in [1.54, 1.807) is 0 Å². The summed E-state index contributed by atoms with van der Waals surface area (Å²) in [4.78, 5) is 2.60. The molecule has 1 saturated heterocycles. The van der Waals surface area contributed by atoms with Crippen molar-refractivity contribution in [2.24, 2.45) is 0 Å². The van der Waals surface area contributed by atoms with E-state index in [0.717, 1.165) is 42.5 Å². The summed E-state index contributed by atoms with van der Waals surface area (Å²) in [5.74, 6) is 0. The first kappa shape index (κ1) is 18.4. The first-order chi connectivity index (χ1) is 14.2. The van der Waals surface area contributed by atoms with Crippen LogP contribution in [0.25, 0.3) is 16.8 Å². The highest BCUT2D eigenvalue weighted by Crippen LogP contribution is 2.46. The molecule has 1 aliphatic carbocycles. The van der Waals surface area contributed by atoms with E-state index < -0.39 is 0 Å². The Balaban J connectivity index is 1.30. The molecule has 0 radical (unpaired) electrons. The molecule has 3 aromatic carbocycles. The fourth-order valence-electron chi connectivity index (χ4n) is 4.57. The number of hydrazine groups is 1. The van der Waals surface area contributed by atoms with Crippen LogP contribution in [-0.4, -0.2) is 36.1 Å². The molecule has 0 saturated carbocycles. The van der Waals surface area contributed by atoms with E-state index in [1.807, 2.05) is 24.3 Å². The van der Waals surface area contributed by atoms with Crippen molar-refractivity contribution in [2.45, 2.75) is 6.04 Å². The van der Waals surface area contributed by atoms with Crippen LogP contribution >= 0.6 is 11.6 Å². The van der Waals surface area contributed by atoms with E-state index in [2.05, 4.69) is 70.4 Å².